The molecule has 28 heavy (non-hydrogen) atoms. The quantitative estimate of drug-likeness (QED) is 0.530. The van der Waals surface area contributed by atoms with E-state index in [9.17, 15) is 14.4 Å². The number of esters is 1. The molecule has 0 fully saturated rings. The van der Waals surface area contributed by atoms with Crippen molar-refractivity contribution in [3.8, 4) is 5.75 Å². The van der Waals surface area contributed by atoms with Gasteiger partial charge in [-0.05, 0) is 36.6 Å². The van der Waals surface area contributed by atoms with Crippen molar-refractivity contribution in [3.05, 3.63) is 65.7 Å². The van der Waals surface area contributed by atoms with E-state index in [0.717, 1.165) is 0 Å². The first kappa shape index (κ1) is 21.0. The second-order valence-electron chi connectivity index (χ2n) is 6.09. The fourth-order valence-corrected chi connectivity index (χ4v) is 3.09. The summed E-state index contributed by atoms with van der Waals surface area (Å²) in [5.74, 6) is -1.74. The highest BCUT2D eigenvalue weighted by Gasteiger charge is 2.40. The summed E-state index contributed by atoms with van der Waals surface area (Å²) < 4.78 is 9.86. The van der Waals surface area contributed by atoms with Gasteiger partial charge >= 0.3 is 11.9 Å². The molecule has 2 amide bonds. The molecule has 0 heterocycles. The molecule has 0 aliphatic carbocycles. The predicted octanol–water partition coefficient (Wildman–Crippen LogP) is 1.54. The van der Waals surface area contributed by atoms with Gasteiger partial charge in [-0.2, -0.15) is 0 Å². The van der Waals surface area contributed by atoms with Gasteiger partial charge in [0.15, 0.2) is 0 Å². The fraction of sp³-hybridized carbons (Fsp3) is 0.286. The van der Waals surface area contributed by atoms with Gasteiger partial charge in [-0.1, -0.05) is 42.5 Å². The minimum Gasteiger partial charge on any atom is -0.497 e. The van der Waals surface area contributed by atoms with Crippen LogP contribution in [0.3, 0.4) is 0 Å². The maximum atomic E-state index is 12.7. The Morgan fingerprint density at radius 3 is 2.14 bits per heavy atom. The van der Waals surface area contributed by atoms with Crippen LogP contribution in [0.25, 0.3) is 0 Å². The van der Waals surface area contributed by atoms with Crippen LogP contribution in [0.2, 0.25) is 0 Å². The molecule has 7 nitrogen and oxygen atoms in total. The molecule has 0 spiro atoms. The second kappa shape index (κ2) is 9.55. The predicted molar refractivity (Wildman–Crippen MR) is 104 cm³/mol. The van der Waals surface area contributed by atoms with Crippen LogP contribution >= 0.6 is 0 Å². The summed E-state index contributed by atoms with van der Waals surface area (Å²) in [6.07, 6.45) is 0.170. The van der Waals surface area contributed by atoms with Gasteiger partial charge in [0, 0.05) is 6.54 Å². The van der Waals surface area contributed by atoms with Crippen molar-refractivity contribution in [2.45, 2.75) is 18.8 Å². The van der Waals surface area contributed by atoms with Crippen LogP contribution in [0, 0.1) is 0 Å². The maximum absolute atomic E-state index is 12.7. The van der Waals surface area contributed by atoms with E-state index in [0.29, 0.717) is 16.9 Å². The smallest absolute Gasteiger partial charge is 0.396 e. The van der Waals surface area contributed by atoms with Gasteiger partial charge in [-0.25, -0.2) is 4.79 Å². The lowest BCUT2D eigenvalue weighted by atomic mass is 9.71. The van der Waals surface area contributed by atoms with Crippen LogP contribution in [-0.2, 0) is 24.5 Å². The van der Waals surface area contributed by atoms with E-state index in [4.69, 9.17) is 10.5 Å². The average Bonchev–Trinajstić information content (AvgIpc) is 2.72. The summed E-state index contributed by atoms with van der Waals surface area (Å²) in [6, 6.07) is 16.1. The Morgan fingerprint density at radius 1 is 1.00 bits per heavy atom. The van der Waals surface area contributed by atoms with Crippen molar-refractivity contribution in [3.63, 3.8) is 0 Å². The Kier molecular flexibility index (Phi) is 7.14. The summed E-state index contributed by atoms with van der Waals surface area (Å²) >= 11 is 0. The molecule has 0 radical (unpaired) electrons. The average molecular weight is 384 g/mol. The third-order valence-corrected chi connectivity index (χ3v) is 4.52. The maximum Gasteiger partial charge on any atom is 0.396 e. The molecular weight excluding hydrogens is 360 g/mol. The minimum absolute atomic E-state index is 0.0571. The lowest BCUT2D eigenvalue weighted by Crippen LogP contribution is -2.45. The lowest BCUT2D eigenvalue weighted by Gasteiger charge is -2.32. The fourth-order valence-electron chi connectivity index (χ4n) is 3.09. The molecule has 1 unspecified atom stereocenters. The molecule has 0 aromatic heterocycles. The van der Waals surface area contributed by atoms with E-state index in [2.05, 4.69) is 10.1 Å². The van der Waals surface area contributed by atoms with E-state index >= 15 is 0 Å². The lowest BCUT2D eigenvalue weighted by molar-refractivity contribution is -0.154. The Balaban J connectivity index is 2.36. The first-order valence-electron chi connectivity index (χ1n) is 8.90. The Morgan fingerprint density at radius 2 is 1.61 bits per heavy atom. The number of nitrogens with one attached hydrogen (secondary N) is 1. The van der Waals surface area contributed by atoms with Gasteiger partial charge in [0.05, 0.1) is 13.7 Å². The monoisotopic (exact) mass is 384 g/mol. The van der Waals surface area contributed by atoms with Gasteiger partial charge < -0.3 is 20.5 Å². The molecule has 0 saturated carbocycles. The topological polar surface area (TPSA) is 108 Å². The van der Waals surface area contributed by atoms with E-state index in [1.54, 1.807) is 38.3 Å². The molecule has 2 aromatic carbocycles. The van der Waals surface area contributed by atoms with Crippen molar-refractivity contribution < 1.29 is 23.9 Å². The molecule has 2 rings (SSSR count). The van der Waals surface area contributed by atoms with Gasteiger partial charge in [-0.3, -0.25) is 9.59 Å². The molecule has 3 N–H and O–H groups in total. The first-order valence-corrected chi connectivity index (χ1v) is 8.90. The molecular formula is C21H24N2O5. The van der Waals surface area contributed by atoms with Gasteiger partial charge in [0.2, 0.25) is 5.91 Å². The number of ether oxygens (including phenoxy) is 2. The number of carbonyl (C=O) groups excluding carboxylic acids is 3. The van der Waals surface area contributed by atoms with Gasteiger partial charge in [-0.15, -0.1) is 0 Å². The number of methoxy groups -OCH3 is 1. The highest BCUT2D eigenvalue weighted by atomic mass is 16.5. The summed E-state index contributed by atoms with van der Waals surface area (Å²) in [4.78, 5) is 36.0. The third kappa shape index (κ3) is 4.49. The number of nitrogens with two attached hydrogens (primary N) is 1. The largest absolute Gasteiger partial charge is 0.497 e. The number of carbonyl (C=O) groups is 3. The van der Waals surface area contributed by atoms with Crippen LogP contribution in [0.4, 0.5) is 0 Å². The highest BCUT2D eigenvalue weighted by Crippen LogP contribution is 2.36. The zero-order chi connectivity index (χ0) is 20.6. The van der Waals surface area contributed by atoms with Crippen molar-refractivity contribution in [2.24, 2.45) is 5.73 Å². The summed E-state index contributed by atoms with van der Waals surface area (Å²) in [5, 5.41) is 2.49. The summed E-state index contributed by atoms with van der Waals surface area (Å²) in [7, 11) is 1.55. The molecule has 2 aromatic rings. The number of amides is 2. The van der Waals surface area contributed by atoms with Crippen molar-refractivity contribution in [1.82, 2.24) is 5.32 Å². The first-order chi connectivity index (χ1) is 13.5. The number of hydrogen-bond donors (Lipinski definition) is 2. The Bertz CT molecular complexity index is 820. The van der Waals surface area contributed by atoms with E-state index < -0.39 is 23.2 Å². The number of benzene rings is 2. The molecule has 1 atom stereocenters. The molecule has 0 aliphatic rings. The molecule has 148 valence electrons. The molecule has 7 heteroatoms. The minimum atomic E-state index is -1.19. The molecule has 0 saturated heterocycles. The zero-order valence-corrected chi connectivity index (χ0v) is 15.9. The van der Waals surface area contributed by atoms with Crippen LogP contribution in [0.15, 0.2) is 54.6 Å². The standard InChI is InChI=1S/C21H24N2O5/c1-3-28-19(25)18(24)23-14-13-21(20(22)26,15-7-5-4-6-8-15)16-9-11-17(27-2)12-10-16/h4-12H,3,13-14H2,1-2H3,(H2,22,26)(H,23,24). The zero-order valence-electron chi connectivity index (χ0n) is 15.9. The molecule has 0 aliphatic heterocycles. The van der Waals surface area contributed by atoms with Crippen LogP contribution in [0.5, 0.6) is 5.75 Å². The number of rotatable bonds is 8. The number of hydrogen-bond acceptors (Lipinski definition) is 5. The number of primary amides is 1. The van der Waals surface area contributed by atoms with E-state index in [1.807, 2.05) is 30.3 Å². The SMILES string of the molecule is CCOC(=O)C(=O)NCCC(C(N)=O)(c1ccccc1)c1ccc(OC)cc1. The summed E-state index contributed by atoms with van der Waals surface area (Å²) in [6.45, 7) is 1.78. The Labute approximate surface area is 163 Å². The third-order valence-electron chi connectivity index (χ3n) is 4.52. The highest BCUT2D eigenvalue weighted by molar-refractivity contribution is 6.32. The van der Waals surface area contributed by atoms with E-state index in [1.165, 1.54) is 0 Å². The summed E-state index contributed by atoms with van der Waals surface area (Å²) in [5.41, 5.74) is 6.03. The van der Waals surface area contributed by atoms with E-state index in [-0.39, 0.29) is 19.6 Å². The van der Waals surface area contributed by atoms with Gasteiger partial charge in [0.1, 0.15) is 11.2 Å². The normalized spacial score (nSPS) is 12.5. The van der Waals surface area contributed by atoms with Crippen molar-refractivity contribution >= 4 is 17.8 Å². The van der Waals surface area contributed by atoms with Crippen LogP contribution < -0.4 is 15.8 Å². The molecule has 0 bridgehead atoms. The van der Waals surface area contributed by atoms with Gasteiger partial charge in [0.25, 0.3) is 0 Å². The second-order valence-corrected chi connectivity index (χ2v) is 6.09. The van der Waals surface area contributed by atoms with Crippen molar-refractivity contribution in [1.29, 1.82) is 0 Å². The van der Waals surface area contributed by atoms with Crippen LogP contribution in [-0.4, -0.2) is 38.0 Å². The van der Waals surface area contributed by atoms with Crippen molar-refractivity contribution in [2.75, 3.05) is 20.3 Å². The van der Waals surface area contributed by atoms with Crippen LogP contribution in [0.1, 0.15) is 24.5 Å². The Hall–Kier alpha value is -3.35.